The predicted octanol–water partition coefficient (Wildman–Crippen LogP) is 2.08. The fourth-order valence-corrected chi connectivity index (χ4v) is 2.62. The fourth-order valence-electron chi connectivity index (χ4n) is 2.62. The van der Waals surface area contributed by atoms with Crippen LogP contribution in [0.15, 0.2) is 24.3 Å². The highest BCUT2D eigenvalue weighted by Crippen LogP contribution is 2.32. The maximum absolute atomic E-state index is 12.5. The molecule has 1 atom stereocenters. The summed E-state index contributed by atoms with van der Waals surface area (Å²) in [5.41, 5.74) is 2.20. The zero-order valence-electron chi connectivity index (χ0n) is 12.0. The molecule has 1 aliphatic carbocycles. The van der Waals surface area contributed by atoms with Gasteiger partial charge in [0.1, 0.15) is 0 Å². The zero-order valence-corrected chi connectivity index (χ0v) is 12.0. The molecule has 1 amide bonds. The highest BCUT2D eigenvalue weighted by atomic mass is 16.5. The number of para-hydroxylation sites is 1. The van der Waals surface area contributed by atoms with E-state index >= 15 is 0 Å². The summed E-state index contributed by atoms with van der Waals surface area (Å²) in [5, 5.41) is 3.30. The van der Waals surface area contributed by atoms with Crippen molar-refractivity contribution in [1.82, 2.24) is 4.90 Å². The number of fused-ring (bicyclic) bond motifs is 1. The Morgan fingerprint density at radius 3 is 3.00 bits per heavy atom. The number of rotatable bonds is 6. The fraction of sp³-hybridized carbons (Fsp3) is 0.562. The lowest BCUT2D eigenvalue weighted by molar-refractivity contribution is -0.131. The van der Waals surface area contributed by atoms with Crippen LogP contribution in [0.3, 0.4) is 0 Å². The topological polar surface area (TPSA) is 41.6 Å². The Balaban J connectivity index is 1.50. The molecule has 0 radical (unpaired) electrons. The largest absolute Gasteiger partial charge is 0.384 e. The summed E-state index contributed by atoms with van der Waals surface area (Å²) >= 11 is 0. The van der Waals surface area contributed by atoms with E-state index in [0.29, 0.717) is 19.7 Å². The second kappa shape index (κ2) is 5.83. The Kier molecular flexibility index (Phi) is 3.92. The molecule has 0 spiro atoms. The number of carbonyl (C=O) groups is 1. The van der Waals surface area contributed by atoms with Gasteiger partial charge >= 0.3 is 0 Å². The van der Waals surface area contributed by atoms with E-state index in [1.165, 1.54) is 12.8 Å². The molecule has 108 valence electrons. The molecule has 1 saturated carbocycles. The number of hydrogen-bond acceptors (Lipinski definition) is 3. The number of likely N-dealkylation sites (N-methyl/N-ethyl adjacent to an activating group) is 1. The van der Waals surface area contributed by atoms with Crippen LogP contribution in [0.2, 0.25) is 0 Å². The van der Waals surface area contributed by atoms with Crippen LogP contribution in [-0.2, 0) is 9.53 Å². The van der Waals surface area contributed by atoms with E-state index in [1.54, 1.807) is 4.90 Å². The third-order valence-electron chi connectivity index (χ3n) is 4.13. The SMILES string of the molecule is CN(CCOCC1CC1)C(=O)C1CNc2ccccc21. The van der Waals surface area contributed by atoms with E-state index in [4.69, 9.17) is 4.74 Å². The molecule has 0 aromatic heterocycles. The molecular formula is C16H22N2O2. The summed E-state index contributed by atoms with van der Waals surface area (Å²) in [7, 11) is 1.86. The minimum atomic E-state index is -0.0559. The van der Waals surface area contributed by atoms with Gasteiger partial charge in [-0.05, 0) is 30.4 Å². The molecule has 1 fully saturated rings. The summed E-state index contributed by atoms with van der Waals surface area (Å²) < 4.78 is 5.60. The molecule has 1 aromatic carbocycles. The standard InChI is InChI=1S/C16H22N2O2/c1-18(8-9-20-11-12-6-7-12)16(19)14-10-17-15-5-3-2-4-13(14)15/h2-5,12,14,17H,6-11H2,1H3. The number of nitrogens with one attached hydrogen (secondary N) is 1. The van der Waals surface area contributed by atoms with Crippen molar-refractivity contribution >= 4 is 11.6 Å². The average Bonchev–Trinajstić information content (AvgIpc) is 3.20. The average molecular weight is 274 g/mol. The normalized spacial score (nSPS) is 20.4. The number of carbonyl (C=O) groups excluding carboxylic acids is 1. The van der Waals surface area contributed by atoms with E-state index in [0.717, 1.165) is 23.8 Å². The Labute approximate surface area is 120 Å². The van der Waals surface area contributed by atoms with Crippen LogP contribution in [0.4, 0.5) is 5.69 Å². The highest BCUT2D eigenvalue weighted by Gasteiger charge is 2.30. The van der Waals surface area contributed by atoms with Gasteiger partial charge in [0.05, 0.1) is 12.5 Å². The van der Waals surface area contributed by atoms with Crippen LogP contribution >= 0.6 is 0 Å². The van der Waals surface area contributed by atoms with Gasteiger partial charge in [0.15, 0.2) is 0 Å². The van der Waals surface area contributed by atoms with Crippen molar-refractivity contribution < 1.29 is 9.53 Å². The van der Waals surface area contributed by atoms with Gasteiger partial charge in [0.2, 0.25) is 5.91 Å². The molecule has 1 N–H and O–H groups in total. The van der Waals surface area contributed by atoms with Gasteiger partial charge < -0.3 is 15.0 Å². The van der Waals surface area contributed by atoms with Crippen molar-refractivity contribution in [3.8, 4) is 0 Å². The van der Waals surface area contributed by atoms with E-state index in [9.17, 15) is 4.79 Å². The van der Waals surface area contributed by atoms with Crippen LogP contribution in [0.5, 0.6) is 0 Å². The third-order valence-corrected chi connectivity index (χ3v) is 4.13. The molecule has 20 heavy (non-hydrogen) atoms. The highest BCUT2D eigenvalue weighted by molar-refractivity contribution is 5.88. The second-order valence-electron chi connectivity index (χ2n) is 5.80. The summed E-state index contributed by atoms with van der Waals surface area (Å²) in [6.07, 6.45) is 2.61. The molecule has 1 heterocycles. The van der Waals surface area contributed by atoms with Crippen LogP contribution in [0.1, 0.15) is 24.3 Å². The molecule has 1 aromatic rings. The number of nitrogens with zero attached hydrogens (tertiary/aromatic N) is 1. The Morgan fingerprint density at radius 2 is 2.20 bits per heavy atom. The number of anilines is 1. The smallest absolute Gasteiger partial charge is 0.231 e. The Morgan fingerprint density at radius 1 is 1.40 bits per heavy atom. The van der Waals surface area contributed by atoms with Gasteiger partial charge in [0, 0.05) is 32.4 Å². The Bertz CT molecular complexity index is 485. The first kappa shape index (κ1) is 13.4. The second-order valence-corrected chi connectivity index (χ2v) is 5.80. The van der Waals surface area contributed by atoms with E-state index < -0.39 is 0 Å². The minimum Gasteiger partial charge on any atom is -0.384 e. The summed E-state index contributed by atoms with van der Waals surface area (Å²) in [6.45, 7) is 2.87. The maximum Gasteiger partial charge on any atom is 0.231 e. The lowest BCUT2D eigenvalue weighted by Gasteiger charge is -2.21. The van der Waals surface area contributed by atoms with Gasteiger partial charge in [0.25, 0.3) is 0 Å². The number of amides is 1. The molecule has 2 aliphatic rings. The van der Waals surface area contributed by atoms with Crippen molar-refractivity contribution in [2.45, 2.75) is 18.8 Å². The number of hydrogen-bond donors (Lipinski definition) is 1. The third kappa shape index (κ3) is 2.96. The van der Waals surface area contributed by atoms with Gasteiger partial charge in [-0.2, -0.15) is 0 Å². The van der Waals surface area contributed by atoms with Crippen LogP contribution in [0.25, 0.3) is 0 Å². The van der Waals surface area contributed by atoms with Gasteiger partial charge in [-0.15, -0.1) is 0 Å². The summed E-state index contributed by atoms with van der Waals surface area (Å²) in [5.74, 6) is 0.902. The van der Waals surface area contributed by atoms with Crippen LogP contribution < -0.4 is 5.32 Å². The molecule has 1 aliphatic heterocycles. The van der Waals surface area contributed by atoms with E-state index in [-0.39, 0.29) is 11.8 Å². The minimum absolute atomic E-state index is 0.0559. The van der Waals surface area contributed by atoms with Gasteiger partial charge in [-0.3, -0.25) is 4.79 Å². The van der Waals surface area contributed by atoms with Crippen LogP contribution in [-0.4, -0.2) is 44.2 Å². The first-order chi connectivity index (χ1) is 9.75. The number of benzene rings is 1. The molecule has 3 rings (SSSR count). The van der Waals surface area contributed by atoms with Gasteiger partial charge in [-0.1, -0.05) is 18.2 Å². The predicted molar refractivity (Wildman–Crippen MR) is 78.9 cm³/mol. The van der Waals surface area contributed by atoms with Crippen molar-refractivity contribution in [1.29, 1.82) is 0 Å². The molecule has 4 heteroatoms. The van der Waals surface area contributed by atoms with Crippen molar-refractivity contribution in [2.24, 2.45) is 5.92 Å². The molecule has 4 nitrogen and oxygen atoms in total. The lowest BCUT2D eigenvalue weighted by Crippen LogP contribution is -2.35. The lowest BCUT2D eigenvalue weighted by atomic mass is 10.00. The maximum atomic E-state index is 12.5. The van der Waals surface area contributed by atoms with Crippen molar-refractivity contribution in [3.05, 3.63) is 29.8 Å². The summed E-state index contributed by atoms with van der Waals surface area (Å²) in [4.78, 5) is 14.3. The zero-order chi connectivity index (χ0) is 13.9. The summed E-state index contributed by atoms with van der Waals surface area (Å²) in [6, 6.07) is 8.05. The Hall–Kier alpha value is -1.55. The first-order valence-electron chi connectivity index (χ1n) is 7.41. The molecular weight excluding hydrogens is 252 g/mol. The van der Waals surface area contributed by atoms with Crippen molar-refractivity contribution in [3.63, 3.8) is 0 Å². The quantitative estimate of drug-likeness (QED) is 0.808. The molecule has 1 unspecified atom stereocenters. The van der Waals surface area contributed by atoms with Crippen molar-refractivity contribution in [2.75, 3.05) is 38.7 Å². The van der Waals surface area contributed by atoms with E-state index in [1.807, 2.05) is 31.3 Å². The van der Waals surface area contributed by atoms with Gasteiger partial charge in [-0.25, -0.2) is 0 Å². The molecule has 0 bridgehead atoms. The first-order valence-corrected chi connectivity index (χ1v) is 7.41. The number of ether oxygens (including phenoxy) is 1. The van der Waals surface area contributed by atoms with Crippen LogP contribution in [0, 0.1) is 5.92 Å². The monoisotopic (exact) mass is 274 g/mol. The van der Waals surface area contributed by atoms with E-state index in [2.05, 4.69) is 5.32 Å². The molecule has 0 saturated heterocycles.